The molecule has 4 nitrogen and oxygen atoms in total. The number of rotatable bonds is 3. The predicted octanol–water partition coefficient (Wildman–Crippen LogP) is 2.52. The zero-order chi connectivity index (χ0) is 13.9. The van der Waals surface area contributed by atoms with Crippen molar-refractivity contribution in [2.75, 3.05) is 18.6 Å². The van der Waals surface area contributed by atoms with E-state index in [0.29, 0.717) is 5.56 Å². The lowest BCUT2D eigenvalue weighted by atomic mass is 10.1. The van der Waals surface area contributed by atoms with Gasteiger partial charge in [0.05, 0.1) is 12.2 Å². The molecule has 0 N–H and O–H groups in total. The Kier molecular flexibility index (Phi) is 3.26. The molecule has 20 heavy (non-hydrogen) atoms. The summed E-state index contributed by atoms with van der Waals surface area (Å²) < 4.78 is 5.51. The summed E-state index contributed by atoms with van der Waals surface area (Å²) in [6.45, 7) is 1.57. The van der Waals surface area contributed by atoms with Gasteiger partial charge >= 0.3 is 0 Å². The number of hydrogen-bond donors (Lipinski definition) is 0. The summed E-state index contributed by atoms with van der Waals surface area (Å²) in [5.41, 5.74) is 3.10. The highest BCUT2D eigenvalue weighted by Gasteiger charge is 2.13. The van der Waals surface area contributed by atoms with Crippen molar-refractivity contribution in [1.82, 2.24) is 4.98 Å². The largest absolute Gasteiger partial charge is 0.493 e. The second kappa shape index (κ2) is 5.22. The van der Waals surface area contributed by atoms with Crippen LogP contribution in [0, 0.1) is 11.3 Å². The van der Waals surface area contributed by atoms with Crippen molar-refractivity contribution < 1.29 is 4.74 Å². The summed E-state index contributed by atoms with van der Waals surface area (Å²) in [6, 6.07) is 12.1. The first-order chi connectivity index (χ1) is 9.76. The molecule has 0 unspecified atom stereocenters. The van der Waals surface area contributed by atoms with Gasteiger partial charge in [0.2, 0.25) is 0 Å². The highest BCUT2D eigenvalue weighted by molar-refractivity contribution is 5.44. The van der Waals surface area contributed by atoms with E-state index in [9.17, 15) is 0 Å². The minimum atomic E-state index is 0.580. The molecule has 0 radical (unpaired) electrons. The molecule has 2 aromatic rings. The summed E-state index contributed by atoms with van der Waals surface area (Å²) in [7, 11) is 2.00. The summed E-state index contributed by atoms with van der Waals surface area (Å²) in [5, 5.41) is 8.78. The maximum atomic E-state index is 8.78. The van der Waals surface area contributed by atoms with Crippen LogP contribution in [0.15, 0.2) is 36.5 Å². The van der Waals surface area contributed by atoms with Gasteiger partial charge in [0.1, 0.15) is 17.6 Å². The average molecular weight is 265 g/mol. The molecule has 0 fully saturated rings. The lowest BCUT2D eigenvalue weighted by Gasteiger charge is -2.18. The van der Waals surface area contributed by atoms with Crippen molar-refractivity contribution in [2.45, 2.75) is 13.0 Å². The molecule has 1 aromatic carbocycles. The van der Waals surface area contributed by atoms with Crippen LogP contribution in [0.5, 0.6) is 5.75 Å². The van der Waals surface area contributed by atoms with Crippen LogP contribution in [0.25, 0.3) is 0 Å². The van der Waals surface area contributed by atoms with Crippen molar-refractivity contribution in [1.29, 1.82) is 5.26 Å². The number of nitrogens with zero attached hydrogens (tertiary/aromatic N) is 3. The van der Waals surface area contributed by atoms with Crippen LogP contribution >= 0.6 is 0 Å². The van der Waals surface area contributed by atoms with Crippen LogP contribution in [0.4, 0.5) is 5.82 Å². The van der Waals surface area contributed by atoms with Crippen LogP contribution < -0.4 is 9.64 Å². The normalized spacial score (nSPS) is 12.4. The summed E-state index contributed by atoms with van der Waals surface area (Å²) in [4.78, 5) is 6.36. The quantitative estimate of drug-likeness (QED) is 0.855. The number of hydrogen-bond acceptors (Lipinski definition) is 4. The fourth-order valence-electron chi connectivity index (χ4n) is 2.37. The topological polar surface area (TPSA) is 49.1 Å². The van der Waals surface area contributed by atoms with Crippen molar-refractivity contribution in [3.8, 4) is 11.8 Å². The zero-order valence-corrected chi connectivity index (χ0v) is 11.3. The summed E-state index contributed by atoms with van der Waals surface area (Å²) >= 11 is 0. The molecular formula is C16H15N3O. The Hall–Kier alpha value is -2.54. The van der Waals surface area contributed by atoms with Gasteiger partial charge in [-0.25, -0.2) is 4.98 Å². The Morgan fingerprint density at radius 1 is 1.35 bits per heavy atom. The number of ether oxygens (including phenoxy) is 1. The zero-order valence-electron chi connectivity index (χ0n) is 11.3. The molecule has 0 spiro atoms. The molecule has 0 saturated carbocycles. The second-order valence-electron chi connectivity index (χ2n) is 4.91. The Balaban J connectivity index is 1.75. The van der Waals surface area contributed by atoms with Gasteiger partial charge in [-0.05, 0) is 29.3 Å². The minimum absolute atomic E-state index is 0.580. The maximum absolute atomic E-state index is 8.78. The SMILES string of the molecule is CN(Cc1ccc2c(c1)CCO2)c1ccc(C#N)cn1. The van der Waals surface area contributed by atoms with Crippen molar-refractivity contribution >= 4 is 5.82 Å². The number of benzene rings is 1. The lowest BCUT2D eigenvalue weighted by molar-refractivity contribution is 0.357. The first kappa shape index (κ1) is 12.5. The summed E-state index contributed by atoms with van der Waals surface area (Å²) in [6.07, 6.45) is 2.59. The second-order valence-corrected chi connectivity index (χ2v) is 4.91. The van der Waals surface area contributed by atoms with E-state index in [0.717, 1.165) is 31.1 Å². The van der Waals surface area contributed by atoms with Crippen LogP contribution in [0.1, 0.15) is 16.7 Å². The standard InChI is InChI=1S/C16H15N3O/c1-19(16-5-3-13(9-17)10-18-16)11-12-2-4-15-14(8-12)6-7-20-15/h2-5,8,10H,6-7,11H2,1H3. The van der Waals surface area contributed by atoms with E-state index in [4.69, 9.17) is 10.00 Å². The third-order valence-electron chi connectivity index (χ3n) is 3.44. The minimum Gasteiger partial charge on any atom is -0.493 e. The lowest BCUT2D eigenvalue weighted by Crippen LogP contribution is -2.17. The molecule has 2 heterocycles. The highest BCUT2D eigenvalue weighted by Crippen LogP contribution is 2.26. The van der Waals surface area contributed by atoms with E-state index < -0.39 is 0 Å². The van der Waals surface area contributed by atoms with E-state index >= 15 is 0 Å². The molecule has 0 saturated heterocycles. The van der Waals surface area contributed by atoms with E-state index in [1.54, 1.807) is 12.3 Å². The predicted molar refractivity (Wildman–Crippen MR) is 76.7 cm³/mol. The molecule has 3 rings (SSSR count). The van der Waals surface area contributed by atoms with Crippen LogP contribution in [0.2, 0.25) is 0 Å². The van der Waals surface area contributed by atoms with Crippen molar-refractivity contribution in [3.63, 3.8) is 0 Å². The third-order valence-corrected chi connectivity index (χ3v) is 3.44. The molecule has 4 heteroatoms. The van der Waals surface area contributed by atoms with E-state index in [-0.39, 0.29) is 0 Å². The van der Waals surface area contributed by atoms with Gasteiger partial charge in [-0.1, -0.05) is 12.1 Å². The first-order valence-electron chi connectivity index (χ1n) is 6.58. The highest BCUT2D eigenvalue weighted by atomic mass is 16.5. The Morgan fingerprint density at radius 2 is 2.25 bits per heavy atom. The molecule has 1 aliphatic rings. The molecule has 0 aliphatic carbocycles. The molecule has 0 atom stereocenters. The van der Waals surface area contributed by atoms with E-state index in [2.05, 4.69) is 28.1 Å². The number of nitriles is 1. The molecular weight excluding hydrogens is 250 g/mol. The molecule has 0 amide bonds. The van der Waals surface area contributed by atoms with Gasteiger partial charge in [-0.2, -0.15) is 5.26 Å². The van der Waals surface area contributed by atoms with E-state index in [1.807, 2.05) is 19.2 Å². The Labute approximate surface area is 118 Å². The molecule has 1 aliphatic heterocycles. The number of fused-ring (bicyclic) bond motifs is 1. The van der Waals surface area contributed by atoms with Gasteiger partial charge in [-0.15, -0.1) is 0 Å². The Morgan fingerprint density at radius 3 is 3.00 bits per heavy atom. The van der Waals surface area contributed by atoms with Crippen LogP contribution in [-0.4, -0.2) is 18.6 Å². The van der Waals surface area contributed by atoms with E-state index in [1.165, 1.54) is 11.1 Å². The molecule has 1 aromatic heterocycles. The van der Waals surface area contributed by atoms with Gasteiger partial charge < -0.3 is 9.64 Å². The van der Waals surface area contributed by atoms with Gasteiger partial charge in [0.25, 0.3) is 0 Å². The van der Waals surface area contributed by atoms with Crippen molar-refractivity contribution in [2.24, 2.45) is 0 Å². The number of anilines is 1. The Bertz CT molecular complexity index is 658. The smallest absolute Gasteiger partial charge is 0.128 e. The number of aromatic nitrogens is 1. The monoisotopic (exact) mass is 265 g/mol. The first-order valence-corrected chi connectivity index (χ1v) is 6.58. The molecule has 0 bridgehead atoms. The number of pyridine rings is 1. The maximum Gasteiger partial charge on any atom is 0.128 e. The third kappa shape index (κ3) is 2.43. The molecule has 100 valence electrons. The van der Waals surface area contributed by atoms with Crippen LogP contribution in [-0.2, 0) is 13.0 Å². The fourth-order valence-corrected chi connectivity index (χ4v) is 2.37. The average Bonchev–Trinajstić information content (AvgIpc) is 2.95. The van der Waals surface area contributed by atoms with Gasteiger partial charge in [0, 0.05) is 26.2 Å². The van der Waals surface area contributed by atoms with Crippen LogP contribution in [0.3, 0.4) is 0 Å². The summed E-state index contributed by atoms with van der Waals surface area (Å²) in [5.74, 6) is 1.87. The fraction of sp³-hybridized carbons (Fsp3) is 0.250. The van der Waals surface area contributed by atoms with Crippen molar-refractivity contribution in [3.05, 3.63) is 53.2 Å². The van der Waals surface area contributed by atoms with Gasteiger partial charge in [0.15, 0.2) is 0 Å². The van der Waals surface area contributed by atoms with Gasteiger partial charge in [-0.3, -0.25) is 0 Å².